The molecule has 2 saturated heterocycles. The lowest BCUT2D eigenvalue weighted by atomic mass is 9.53. The van der Waals surface area contributed by atoms with E-state index in [9.17, 15) is 38.4 Å². The summed E-state index contributed by atoms with van der Waals surface area (Å²) in [5.41, 5.74) is 25.4. The summed E-state index contributed by atoms with van der Waals surface area (Å²) in [5, 5.41) is 8.75. The monoisotopic (exact) mass is 1290 g/mol. The van der Waals surface area contributed by atoms with Crippen molar-refractivity contribution in [2.45, 2.75) is 139 Å². The zero-order valence-corrected chi connectivity index (χ0v) is 53.6. The minimum atomic E-state index is -0.930. The number of allylic oxidation sites excluding steroid dienone is 1. The molecule has 9 rings (SSSR count). The number of nitrogens with one attached hydrogen (secondary N) is 3. The molecule has 4 aromatic rings. The quantitative estimate of drug-likeness (QED) is 0.0101. The SMILES string of the molecule is COc1ccc2c3c1O[C@H]1C(OC(=O)N4CCC(C(=O)NCCCC[C@H](CC(=O)OCc5ccccc5)C(=O)NCCOc5ccc(C(=O)Oc6cccc(N=C(N)N)c6)cc5)CC4CCC(=O)[C@@H](CCCN=C(N)N)NC(=O)CCC(C)=O)=CC[C@H]4[C@@H](C2)N(C)CC[C@]314. The second-order valence-electron chi connectivity index (χ2n) is 24.8. The number of likely N-dealkylation sites (tertiary alicyclic amines) is 2. The van der Waals surface area contributed by atoms with E-state index < -0.39 is 59.4 Å². The third kappa shape index (κ3) is 17.6. The smallest absolute Gasteiger partial charge is 0.415 e. The molecule has 11 N–H and O–H groups in total. The van der Waals surface area contributed by atoms with Gasteiger partial charge in [0.1, 0.15) is 36.3 Å². The first-order chi connectivity index (χ1) is 45.3. The number of ether oxygens (including phenoxy) is 6. The van der Waals surface area contributed by atoms with Crippen molar-refractivity contribution in [3.8, 4) is 23.0 Å². The standard InChI is InChI=1S/C69H87N11O14/c1-42(81)17-28-58(83)78-53(16-10-32-76-66(70)71)55(82)25-21-49-37-47(29-34-80(49)68(88)93-57-27-24-52-54-38-45-20-26-56(89-3)61-60(45)69(52,62(57)94-61)30-35-79(54)2)64(86)74-31-8-7-13-46(39-59(84)91-41-43-11-5-4-6-12-43)63(85)75-33-36-90-50-22-18-44(19-23-50)65(87)92-51-15-9-14-48(40-51)77-67(72)73/h4-6,9,11-12,14-15,18-20,22-23,26-27,40,46-47,49,52-54,62H,7-8,10,13,16-17,21,24-25,28-39,41H2,1-3H3,(H,74,86)(H,75,85)(H,78,83)(H4,70,71,76)(H4,72,73,77)/t46-,47?,49?,52+,53-,54-,62+,69+/m1/s1. The van der Waals surface area contributed by atoms with Gasteiger partial charge < -0.3 is 81.9 Å². The Morgan fingerprint density at radius 1 is 0.819 bits per heavy atom. The van der Waals surface area contributed by atoms with Gasteiger partial charge in [-0.05, 0) is 150 Å². The normalized spacial score (nSPS) is 20.4. The Bertz CT molecular complexity index is 3480. The van der Waals surface area contributed by atoms with Crippen LogP contribution >= 0.6 is 0 Å². The zero-order chi connectivity index (χ0) is 66.9. The molecule has 4 amide bonds. The highest BCUT2D eigenvalue weighted by molar-refractivity contribution is 5.92. The second-order valence-corrected chi connectivity index (χ2v) is 24.8. The largest absolute Gasteiger partial charge is 0.493 e. The second kappa shape index (κ2) is 32.4. The summed E-state index contributed by atoms with van der Waals surface area (Å²) < 4.78 is 36.1. The van der Waals surface area contributed by atoms with Crippen molar-refractivity contribution in [2.24, 2.45) is 50.7 Å². The number of hydrogen-bond acceptors (Lipinski definition) is 17. The Morgan fingerprint density at radius 2 is 1.62 bits per heavy atom. The molecule has 0 aromatic heterocycles. The molecule has 2 bridgehead atoms. The van der Waals surface area contributed by atoms with Crippen molar-refractivity contribution in [3.05, 3.63) is 125 Å². The van der Waals surface area contributed by atoms with E-state index in [1.165, 1.54) is 18.6 Å². The van der Waals surface area contributed by atoms with Gasteiger partial charge in [0.15, 0.2) is 35.3 Å². The first kappa shape index (κ1) is 68.8. The third-order valence-electron chi connectivity index (χ3n) is 18.4. The fourth-order valence-corrected chi connectivity index (χ4v) is 13.7. The van der Waals surface area contributed by atoms with Gasteiger partial charge in [0.05, 0.1) is 37.4 Å². The Hall–Kier alpha value is -9.52. The Labute approximate surface area is 547 Å². The highest BCUT2D eigenvalue weighted by Gasteiger charge is 2.65. The van der Waals surface area contributed by atoms with Gasteiger partial charge in [0, 0.05) is 79.9 Å². The van der Waals surface area contributed by atoms with Crippen molar-refractivity contribution < 1.29 is 66.8 Å². The van der Waals surface area contributed by atoms with Crippen molar-refractivity contribution in [1.29, 1.82) is 0 Å². The van der Waals surface area contributed by atoms with Gasteiger partial charge in [-0.3, -0.25) is 29.0 Å². The molecule has 2 fully saturated rings. The number of unbranched alkanes of at least 4 members (excludes halogenated alkanes) is 1. The number of methoxy groups -OCH3 is 1. The average Bonchev–Trinajstić information content (AvgIpc) is 1.47. The van der Waals surface area contributed by atoms with Crippen LogP contribution < -0.4 is 57.8 Å². The number of hydrogen-bond donors (Lipinski definition) is 7. The lowest BCUT2D eigenvalue weighted by Crippen LogP contribution is -2.63. The van der Waals surface area contributed by atoms with Gasteiger partial charge >= 0.3 is 18.0 Å². The fraction of sp³-hybridized carbons (Fsp3) is 0.478. The molecule has 4 aromatic carbocycles. The van der Waals surface area contributed by atoms with Crippen LogP contribution in [0.25, 0.3) is 0 Å². The topological polar surface area (TPSA) is 363 Å². The molecule has 2 unspecified atom stereocenters. The molecular formula is C69H87N11O14. The van der Waals surface area contributed by atoms with E-state index in [1.54, 1.807) is 54.5 Å². The number of aliphatic imine (C=N–C) groups is 2. The fourth-order valence-electron chi connectivity index (χ4n) is 13.7. The summed E-state index contributed by atoms with van der Waals surface area (Å²) in [6, 6.07) is 24.7. The summed E-state index contributed by atoms with van der Waals surface area (Å²) in [6.07, 6.45) is 5.24. The number of esters is 2. The van der Waals surface area contributed by atoms with Crippen LogP contribution in [-0.2, 0) is 56.7 Å². The molecule has 3 aliphatic heterocycles. The molecule has 0 saturated carbocycles. The minimum Gasteiger partial charge on any atom is -0.493 e. The maximum absolute atomic E-state index is 14.8. The van der Waals surface area contributed by atoms with Crippen LogP contribution in [0.15, 0.2) is 113 Å². The summed E-state index contributed by atoms with van der Waals surface area (Å²) in [4.78, 5) is 120. The van der Waals surface area contributed by atoms with Crippen molar-refractivity contribution in [3.63, 3.8) is 0 Å². The van der Waals surface area contributed by atoms with Crippen molar-refractivity contribution >= 4 is 64.9 Å². The number of piperidine rings is 2. The molecule has 0 radical (unpaired) electrons. The van der Waals surface area contributed by atoms with Crippen LogP contribution in [-0.4, -0.2) is 147 Å². The summed E-state index contributed by atoms with van der Waals surface area (Å²) >= 11 is 0. The van der Waals surface area contributed by atoms with Crippen LogP contribution in [0.3, 0.4) is 0 Å². The van der Waals surface area contributed by atoms with Gasteiger partial charge in [-0.2, -0.15) is 0 Å². The number of guanidine groups is 2. The minimum absolute atomic E-state index is 0.0128. The first-order valence-corrected chi connectivity index (χ1v) is 32.3. The van der Waals surface area contributed by atoms with E-state index in [2.05, 4.69) is 43.9 Å². The van der Waals surface area contributed by atoms with Crippen LogP contribution in [0.2, 0.25) is 0 Å². The number of nitrogens with two attached hydrogens (primary N) is 4. The molecule has 5 aliphatic rings. The van der Waals surface area contributed by atoms with Crippen LogP contribution in [0.5, 0.6) is 23.0 Å². The van der Waals surface area contributed by atoms with E-state index in [0.717, 1.165) is 30.5 Å². The number of benzene rings is 4. The lowest BCUT2D eigenvalue weighted by molar-refractivity contribution is -0.148. The molecule has 8 atom stereocenters. The number of rotatable bonds is 32. The highest BCUT2D eigenvalue weighted by atomic mass is 16.6. The molecule has 94 heavy (non-hydrogen) atoms. The number of nitrogens with zero attached hydrogens (tertiary/aromatic N) is 4. The number of carbonyl (C=O) groups excluding carboxylic acids is 8. The maximum atomic E-state index is 14.8. The van der Waals surface area contributed by atoms with E-state index >= 15 is 0 Å². The van der Waals surface area contributed by atoms with Crippen LogP contribution in [0.4, 0.5) is 10.5 Å². The number of ketones is 2. The summed E-state index contributed by atoms with van der Waals surface area (Å²) in [7, 11) is 3.78. The Morgan fingerprint density at radius 3 is 2.37 bits per heavy atom. The van der Waals surface area contributed by atoms with E-state index in [0.29, 0.717) is 67.2 Å². The number of likely N-dealkylation sites (N-methyl/N-ethyl adjacent to an activating group) is 1. The van der Waals surface area contributed by atoms with E-state index in [4.69, 9.17) is 51.4 Å². The molecule has 3 heterocycles. The third-order valence-corrected chi connectivity index (χ3v) is 18.4. The lowest BCUT2D eigenvalue weighted by Gasteiger charge is -2.56. The van der Waals surface area contributed by atoms with E-state index in [-0.39, 0.29) is 143 Å². The molecule has 25 heteroatoms. The molecule has 1 spiro atoms. The zero-order valence-electron chi connectivity index (χ0n) is 53.6. The predicted octanol–water partition coefficient (Wildman–Crippen LogP) is 5.69. The maximum Gasteiger partial charge on any atom is 0.415 e. The summed E-state index contributed by atoms with van der Waals surface area (Å²) in [6.45, 7) is 3.05. The molecule has 25 nitrogen and oxygen atoms in total. The number of carbonyl (C=O) groups is 8. The number of Topliss-reactive ketones (excluding diaryl/α,β-unsaturated/α-hetero) is 2. The highest BCUT2D eigenvalue weighted by Crippen LogP contribution is 2.64. The first-order valence-electron chi connectivity index (χ1n) is 32.3. The van der Waals surface area contributed by atoms with Gasteiger partial charge in [-0.25, -0.2) is 14.6 Å². The van der Waals surface area contributed by atoms with Crippen molar-refractivity contribution in [2.75, 3.05) is 53.5 Å². The Kier molecular flexibility index (Phi) is 23.7. The molecule has 2 aliphatic carbocycles. The van der Waals surface area contributed by atoms with Gasteiger partial charge in [0.25, 0.3) is 0 Å². The van der Waals surface area contributed by atoms with E-state index in [1.807, 2.05) is 42.5 Å². The van der Waals surface area contributed by atoms with Gasteiger partial charge in [-0.15, -0.1) is 0 Å². The van der Waals surface area contributed by atoms with Crippen LogP contribution in [0, 0.1) is 17.8 Å². The average molecular weight is 1290 g/mol. The van der Waals surface area contributed by atoms with Crippen molar-refractivity contribution in [1.82, 2.24) is 25.8 Å². The summed E-state index contributed by atoms with van der Waals surface area (Å²) in [5.74, 6) is -1.64. The van der Waals surface area contributed by atoms with Gasteiger partial charge in [0.2, 0.25) is 17.7 Å². The van der Waals surface area contributed by atoms with Crippen LogP contribution in [0.1, 0.15) is 124 Å². The molecular weight excluding hydrogens is 1210 g/mol. The molecule has 502 valence electrons. The predicted molar refractivity (Wildman–Crippen MR) is 349 cm³/mol. The Balaban J connectivity index is 0.819. The van der Waals surface area contributed by atoms with Gasteiger partial charge in [-0.1, -0.05) is 48.9 Å². The number of amides is 4.